The number of rotatable bonds is 3. The summed E-state index contributed by atoms with van der Waals surface area (Å²) in [4.78, 5) is 3.23. The van der Waals surface area contributed by atoms with Gasteiger partial charge in [0.25, 0.3) is 0 Å². The van der Waals surface area contributed by atoms with Crippen molar-refractivity contribution in [3.8, 4) is 5.75 Å². The summed E-state index contributed by atoms with van der Waals surface area (Å²) in [6.07, 6.45) is 0. The van der Waals surface area contributed by atoms with Crippen molar-refractivity contribution in [2.24, 2.45) is 0 Å². The van der Waals surface area contributed by atoms with E-state index in [4.69, 9.17) is 28.6 Å². The number of aromatic nitrogens is 2. The zero-order valence-electron chi connectivity index (χ0n) is 11.2. The van der Waals surface area contributed by atoms with E-state index in [2.05, 4.69) is 45.8 Å². The van der Waals surface area contributed by atoms with Crippen LogP contribution >= 0.6 is 46.4 Å². The molecule has 0 atom stereocenters. The van der Waals surface area contributed by atoms with E-state index < -0.39 is 0 Å². The van der Waals surface area contributed by atoms with Gasteiger partial charge in [0.1, 0.15) is 5.75 Å². The third kappa shape index (κ3) is 2.82. The maximum Gasteiger partial charge on any atom is 0.178 e. The lowest BCUT2D eigenvalue weighted by atomic mass is 10.2. The summed E-state index contributed by atoms with van der Waals surface area (Å²) < 4.78 is 9.28. The van der Waals surface area contributed by atoms with Crippen LogP contribution in [0, 0.1) is 8.34 Å². The van der Waals surface area contributed by atoms with Crippen LogP contribution in [0.5, 0.6) is 5.75 Å². The first kappa shape index (κ1) is 14.9. The number of benzene rings is 2. The summed E-state index contributed by atoms with van der Waals surface area (Å²) in [5.41, 5.74) is 3.01. The molecular weight excluding hydrogens is 419 g/mol. The molecule has 0 bridgehead atoms. The number of H-pyrrole nitrogens is 1. The number of nitrogens with zero attached hydrogens (tertiary/aromatic N) is 1. The van der Waals surface area contributed by atoms with E-state index >= 15 is 0 Å². The van der Waals surface area contributed by atoms with Crippen LogP contribution in [0.1, 0.15) is 5.56 Å². The van der Waals surface area contributed by atoms with Gasteiger partial charge < -0.3 is 14.3 Å². The third-order valence-electron chi connectivity index (χ3n) is 3.35. The molecule has 3 nitrogen and oxygen atoms in total. The highest BCUT2D eigenvalue weighted by atomic mass is 127. The van der Waals surface area contributed by atoms with E-state index in [0.717, 1.165) is 22.3 Å². The van der Waals surface area contributed by atoms with Crippen molar-refractivity contribution in [1.82, 2.24) is 9.55 Å². The Bertz CT molecular complexity index is 872. The zero-order chi connectivity index (χ0) is 15.0. The van der Waals surface area contributed by atoms with E-state index in [-0.39, 0.29) is 0 Å². The molecule has 0 radical (unpaired) electrons. The standard InChI is InChI=1S/C15H12ClIN2OS/c1-20-14-4-2-3-11(16)10(14)8-19-13-6-5-9(17)7-12(13)18-15(19)21/h2-7H,8H2,1H3,(H,18,21). The molecule has 0 amide bonds. The number of hydrogen-bond donors (Lipinski definition) is 1. The number of halogens is 2. The number of hydrogen-bond acceptors (Lipinski definition) is 2. The molecule has 1 heterocycles. The van der Waals surface area contributed by atoms with Crippen molar-refractivity contribution < 1.29 is 4.74 Å². The van der Waals surface area contributed by atoms with Crippen molar-refractivity contribution >= 4 is 57.4 Å². The molecule has 0 aliphatic carbocycles. The summed E-state index contributed by atoms with van der Waals surface area (Å²) in [6.45, 7) is 0.572. The van der Waals surface area contributed by atoms with Gasteiger partial charge in [0, 0.05) is 14.2 Å². The van der Waals surface area contributed by atoms with Gasteiger partial charge in [0.05, 0.1) is 24.7 Å². The highest BCUT2D eigenvalue weighted by Gasteiger charge is 2.11. The minimum absolute atomic E-state index is 0.572. The normalized spacial score (nSPS) is 11.0. The lowest BCUT2D eigenvalue weighted by Gasteiger charge is -2.11. The Kier molecular flexibility index (Phi) is 4.24. The lowest BCUT2D eigenvalue weighted by molar-refractivity contribution is 0.408. The fourth-order valence-electron chi connectivity index (χ4n) is 2.33. The average molecular weight is 431 g/mol. The molecule has 0 unspecified atom stereocenters. The van der Waals surface area contributed by atoms with Crippen LogP contribution in [0.2, 0.25) is 5.02 Å². The van der Waals surface area contributed by atoms with Crippen molar-refractivity contribution in [3.63, 3.8) is 0 Å². The first-order chi connectivity index (χ1) is 10.1. The Morgan fingerprint density at radius 3 is 2.90 bits per heavy atom. The van der Waals surface area contributed by atoms with E-state index in [1.807, 2.05) is 22.8 Å². The molecule has 1 N–H and O–H groups in total. The van der Waals surface area contributed by atoms with Crippen LogP contribution in [0.15, 0.2) is 36.4 Å². The van der Waals surface area contributed by atoms with Crippen LogP contribution in [-0.4, -0.2) is 16.7 Å². The van der Waals surface area contributed by atoms with Gasteiger partial charge in [-0.3, -0.25) is 0 Å². The molecule has 0 fully saturated rings. The first-order valence-electron chi connectivity index (χ1n) is 6.29. The number of ether oxygens (including phenoxy) is 1. The van der Waals surface area contributed by atoms with Crippen molar-refractivity contribution in [2.45, 2.75) is 6.54 Å². The molecule has 108 valence electrons. The fraction of sp³-hybridized carbons (Fsp3) is 0.133. The van der Waals surface area contributed by atoms with Gasteiger partial charge in [0.15, 0.2) is 4.77 Å². The molecule has 0 spiro atoms. The van der Waals surface area contributed by atoms with E-state index in [9.17, 15) is 0 Å². The Balaban J connectivity index is 2.15. The number of fused-ring (bicyclic) bond motifs is 1. The molecule has 6 heteroatoms. The van der Waals surface area contributed by atoms with E-state index in [1.165, 1.54) is 3.57 Å². The number of aromatic amines is 1. The van der Waals surface area contributed by atoms with Crippen LogP contribution in [0.4, 0.5) is 0 Å². The maximum absolute atomic E-state index is 6.32. The summed E-state index contributed by atoms with van der Waals surface area (Å²) >= 11 is 14.0. The molecule has 3 aromatic rings. The molecule has 0 saturated heterocycles. The predicted molar refractivity (Wildman–Crippen MR) is 96.9 cm³/mol. The summed E-state index contributed by atoms with van der Waals surface area (Å²) in [5, 5.41) is 0.677. The van der Waals surface area contributed by atoms with Crippen LogP contribution < -0.4 is 4.74 Å². The minimum Gasteiger partial charge on any atom is -0.496 e. The number of methoxy groups -OCH3 is 1. The Hall–Kier alpha value is -1.05. The molecule has 0 aliphatic heterocycles. The predicted octanol–water partition coefficient (Wildman–Crippen LogP) is 5.01. The quantitative estimate of drug-likeness (QED) is 0.467. The zero-order valence-corrected chi connectivity index (χ0v) is 14.9. The van der Waals surface area contributed by atoms with Crippen molar-refractivity contribution in [3.05, 3.63) is 55.3 Å². The third-order valence-corrected chi connectivity index (χ3v) is 4.70. The molecule has 2 aromatic carbocycles. The highest BCUT2D eigenvalue weighted by molar-refractivity contribution is 14.1. The topological polar surface area (TPSA) is 29.9 Å². The Labute approximate surface area is 146 Å². The van der Waals surface area contributed by atoms with E-state index in [0.29, 0.717) is 16.3 Å². The molecule has 21 heavy (non-hydrogen) atoms. The fourth-order valence-corrected chi connectivity index (χ4v) is 3.32. The molecular formula is C15H12ClIN2OS. The van der Waals surface area contributed by atoms with E-state index in [1.54, 1.807) is 7.11 Å². The smallest absolute Gasteiger partial charge is 0.178 e. The second-order valence-electron chi connectivity index (χ2n) is 4.60. The van der Waals surface area contributed by atoms with Crippen LogP contribution in [0.25, 0.3) is 11.0 Å². The van der Waals surface area contributed by atoms with Crippen LogP contribution in [0.3, 0.4) is 0 Å². The second-order valence-corrected chi connectivity index (χ2v) is 6.64. The van der Waals surface area contributed by atoms with Crippen molar-refractivity contribution in [1.29, 1.82) is 0 Å². The van der Waals surface area contributed by atoms with Gasteiger partial charge >= 0.3 is 0 Å². The Morgan fingerprint density at radius 2 is 2.14 bits per heavy atom. The number of imidazole rings is 1. The molecule has 0 aliphatic rings. The molecule has 0 saturated carbocycles. The second kappa shape index (κ2) is 5.98. The van der Waals surface area contributed by atoms with Gasteiger partial charge in [-0.1, -0.05) is 17.7 Å². The molecule has 3 rings (SSSR count). The highest BCUT2D eigenvalue weighted by Crippen LogP contribution is 2.28. The average Bonchev–Trinajstić information content (AvgIpc) is 2.76. The minimum atomic E-state index is 0.572. The summed E-state index contributed by atoms with van der Waals surface area (Å²) in [7, 11) is 1.64. The van der Waals surface area contributed by atoms with Gasteiger partial charge in [-0.25, -0.2) is 0 Å². The monoisotopic (exact) mass is 430 g/mol. The van der Waals surface area contributed by atoms with Gasteiger partial charge in [0.2, 0.25) is 0 Å². The molecule has 1 aromatic heterocycles. The number of nitrogens with one attached hydrogen (secondary N) is 1. The Morgan fingerprint density at radius 1 is 1.33 bits per heavy atom. The van der Waals surface area contributed by atoms with Crippen LogP contribution in [-0.2, 0) is 6.54 Å². The van der Waals surface area contributed by atoms with Crippen molar-refractivity contribution in [2.75, 3.05) is 7.11 Å². The van der Waals surface area contributed by atoms with Gasteiger partial charge in [-0.05, 0) is 65.1 Å². The van der Waals surface area contributed by atoms with Gasteiger partial charge in [-0.15, -0.1) is 0 Å². The largest absolute Gasteiger partial charge is 0.496 e. The maximum atomic E-state index is 6.32. The summed E-state index contributed by atoms with van der Waals surface area (Å²) in [6, 6.07) is 11.8. The van der Waals surface area contributed by atoms with Gasteiger partial charge in [-0.2, -0.15) is 0 Å². The summed E-state index contributed by atoms with van der Waals surface area (Å²) in [5.74, 6) is 0.768. The SMILES string of the molecule is COc1cccc(Cl)c1Cn1c(=S)[nH]c2cc(I)ccc21. The first-order valence-corrected chi connectivity index (χ1v) is 8.16. The lowest BCUT2D eigenvalue weighted by Crippen LogP contribution is -2.02.